The van der Waals surface area contributed by atoms with Crippen LogP contribution in [0.4, 0.5) is 4.39 Å². The van der Waals surface area contributed by atoms with Crippen LogP contribution in [0.15, 0.2) is 30.3 Å². The van der Waals surface area contributed by atoms with Crippen LogP contribution < -0.4 is 0 Å². The van der Waals surface area contributed by atoms with Crippen LogP contribution >= 0.6 is 0 Å². The third-order valence-corrected chi connectivity index (χ3v) is 4.06. The van der Waals surface area contributed by atoms with Crippen molar-refractivity contribution in [3.05, 3.63) is 35.9 Å². The molecule has 0 fully saturated rings. The van der Waals surface area contributed by atoms with Gasteiger partial charge >= 0.3 is 5.97 Å². The lowest BCUT2D eigenvalue weighted by Crippen LogP contribution is -2.33. The molecule has 0 radical (unpaired) electrons. The van der Waals surface area contributed by atoms with Crippen molar-refractivity contribution in [2.24, 2.45) is 5.92 Å². The van der Waals surface area contributed by atoms with E-state index in [1.165, 1.54) is 19.4 Å². The molecule has 0 aliphatic heterocycles. The van der Waals surface area contributed by atoms with Gasteiger partial charge in [0.05, 0.1) is 6.61 Å². The minimum atomic E-state index is -1.65. The number of aryl methyl sites for hydroxylation is 1. The number of rotatable bonds is 12. The number of esters is 1. The SMILES string of the molecule is CCOC(=O)C(CC(C)(F)CCOCCCc1ccccc1)C(C)=O. The van der Waals surface area contributed by atoms with Crippen molar-refractivity contribution >= 4 is 11.8 Å². The van der Waals surface area contributed by atoms with Crippen LogP contribution in [0.2, 0.25) is 0 Å². The van der Waals surface area contributed by atoms with Gasteiger partial charge in [0.15, 0.2) is 0 Å². The van der Waals surface area contributed by atoms with Crippen LogP contribution in [-0.4, -0.2) is 37.2 Å². The monoisotopic (exact) mass is 352 g/mol. The average Bonchev–Trinajstić information content (AvgIpc) is 2.57. The maximum atomic E-state index is 14.6. The molecule has 0 saturated carbocycles. The first-order chi connectivity index (χ1) is 11.9. The summed E-state index contributed by atoms with van der Waals surface area (Å²) in [6, 6.07) is 10.1. The Labute approximate surface area is 149 Å². The number of ether oxygens (including phenoxy) is 2. The average molecular weight is 352 g/mol. The molecule has 2 unspecified atom stereocenters. The van der Waals surface area contributed by atoms with Gasteiger partial charge in [-0.15, -0.1) is 0 Å². The molecular formula is C20H29FO4. The standard InChI is InChI=1S/C20H29FO4/c1-4-25-19(23)18(16(2)22)15-20(3,21)12-14-24-13-8-11-17-9-6-5-7-10-17/h5-7,9-10,18H,4,8,11-15H2,1-3H3. The highest BCUT2D eigenvalue weighted by molar-refractivity contribution is 5.97. The number of ketones is 1. The number of hydrogen-bond acceptors (Lipinski definition) is 4. The summed E-state index contributed by atoms with van der Waals surface area (Å²) < 4.78 is 25.0. The summed E-state index contributed by atoms with van der Waals surface area (Å²) in [5.41, 5.74) is -0.400. The Hall–Kier alpha value is -1.75. The number of carbonyl (C=O) groups excluding carboxylic acids is 2. The second-order valence-corrected chi connectivity index (χ2v) is 6.48. The van der Waals surface area contributed by atoms with Crippen molar-refractivity contribution < 1.29 is 23.5 Å². The van der Waals surface area contributed by atoms with Crippen LogP contribution in [-0.2, 0) is 25.5 Å². The molecule has 0 heterocycles. The fraction of sp³-hybridized carbons (Fsp3) is 0.600. The van der Waals surface area contributed by atoms with Gasteiger partial charge in [-0.1, -0.05) is 30.3 Å². The zero-order valence-corrected chi connectivity index (χ0v) is 15.4. The summed E-state index contributed by atoms with van der Waals surface area (Å²) in [6.07, 6.45) is 1.75. The van der Waals surface area contributed by atoms with Crippen LogP contribution in [0.3, 0.4) is 0 Å². The van der Waals surface area contributed by atoms with E-state index in [1.54, 1.807) is 6.92 Å². The zero-order chi connectivity index (χ0) is 18.7. The Morgan fingerprint density at radius 2 is 1.88 bits per heavy atom. The van der Waals surface area contributed by atoms with E-state index in [-0.39, 0.29) is 31.8 Å². The smallest absolute Gasteiger partial charge is 0.316 e. The van der Waals surface area contributed by atoms with Gasteiger partial charge in [-0.3, -0.25) is 9.59 Å². The molecule has 1 rings (SSSR count). The summed E-state index contributed by atoms with van der Waals surface area (Å²) in [5.74, 6) is -2.07. The summed E-state index contributed by atoms with van der Waals surface area (Å²) in [4.78, 5) is 23.4. The van der Waals surface area contributed by atoms with Gasteiger partial charge in [-0.2, -0.15) is 0 Å². The molecule has 1 aromatic rings. The molecule has 0 bridgehead atoms. The number of hydrogen-bond donors (Lipinski definition) is 0. The van der Waals surface area contributed by atoms with Crippen molar-refractivity contribution in [2.75, 3.05) is 19.8 Å². The van der Waals surface area contributed by atoms with Gasteiger partial charge in [-0.25, -0.2) is 4.39 Å². The number of alkyl halides is 1. The van der Waals surface area contributed by atoms with Crippen LogP contribution in [0.25, 0.3) is 0 Å². The minimum absolute atomic E-state index is 0.140. The van der Waals surface area contributed by atoms with E-state index in [1.807, 2.05) is 18.2 Å². The molecule has 0 saturated heterocycles. The number of benzene rings is 1. The fourth-order valence-electron chi connectivity index (χ4n) is 2.57. The minimum Gasteiger partial charge on any atom is -0.465 e. The Kier molecular flexibility index (Phi) is 9.35. The highest BCUT2D eigenvalue weighted by Crippen LogP contribution is 2.26. The Morgan fingerprint density at radius 1 is 1.20 bits per heavy atom. The predicted molar refractivity (Wildman–Crippen MR) is 95.1 cm³/mol. The fourth-order valence-corrected chi connectivity index (χ4v) is 2.57. The van der Waals surface area contributed by atoms with E-state index in [2.05, 4.69) is 12.1 Å². The Balaban J connectivity index is 2.29. The van der Waals surface area contributed by atoms with Crippen LogP contribution in [0.5, 0.6) is 0 Å². The first kappa shape index (κ1) is 21.3. The lowest BCUT2D eigenvalue weighted by molar-refractivity contribution is -0.153. The van der Waals surface area contributed by atoms with Gasteiger partial charge in [0, 0.05) is 26.1 Å². The lowest BCUT2D eigenvalue weighted by atomic mass is 9.89. The normalized spacial score (nSPS) is 14.6. The summed E-state index contributed by atoms with van der Waals surface area (Å²) in [7, 11) is 0. The van der Waals surface area contributed by atoms with Gasteiger partial charge in [0.25, 0.3) is 0 Å². The van der Waals surface area contributed by atoms with Gasteiger partial charge in [-0.05, 0) is 39.2 Å². The summed E-state index contributed by atoms with van der Waals surface area (Å²) in [5, 5.41) is 0. The van der Waals surface area contributed by atoms with Crippen molar-refractivity contribution in [2.45, 2.75) is 52.1 Å². The van der Waals surface area contributed by atoms with E-state index < -0.39 is 17.6 Å². The largest absolute Gasteiger partial charge is 0.465 e. The van der Waals surface area contributed by atoms with E-state index in [0.717, 1.165) is 12.8 Å². The van der Waals surface area contributed by atoms with Crippen molar-refractivity contribution in [1.82, 2.24) is 0 Å². The first-order valence-corrected chi connectivity index (χ1v) is 8.83. The van der Waals surface area contributed by atoms with Gasteiger partial charge in [0.1, 0.15) is 17.4 Å². The summed E-state index contributed by atoms with van der Waals surface area (Å²) >= 11 is 0. The molecule has 0 amide bonds. The molecule has 0 spiro atoms. The van der Waals surface area contributed by atoms with E-state index in [9.17, 15) is 14.0 Å². The highest BCUT2D eigenvalue weighted by atomic mass is 19.1. The Morgan fingerprint density at radius 3 is 2.48 bits per heavy atom. The van der Waals surface area contributed by atoms with E-state index >= 15 is 0 Å². The van der Waals surface area contributed by atoms with Gasteiger partial charge < -0.3 is 9.47 Å². The predicted octanol–water partition coefficient (Wildman–Crippen LogP) is 3.91. The molecule has 5 heteroatoms. The molecule has 0 N–H and O–H groups in total. The van der Waals surface area contributed by atoms with Crippen LogP contribution in [0, 0.1) is 5.92 Å². The van der Waals surface area contributed by atoms with Crippen molar-refractivity contribution in [1.29, 1.82) is 0 Å². The molecule has 4 nitrogen and oxygen atoms in total. The lowest BCUT2D eigenvalue weighted by Gasteiger charge is -2.24. The molecule has 2 atom stereocenters. The molecule has 0 aliphatic carbocycles. The van der Waals surface area contributed by atoms with E-state index in [4.69, 9.17) is 9.47 Å². The zero-order valence-electron chi connectivity index (χ0n) is 15.4. The van der Waals surface area contributed by atoms with E-state index in [0.29, 0.717) is 6.61 Å². The third kappa shape index (κ3) is 8.77. The first-order valence-electron chi connectivity index (χ1n) is 8.83. The molecule has 0 aromatic heterocycles. The Bertz CT molecular complexity index is 528. The molecule has 140 valence electrons. The summed E-state index contributed by atoms with van der Waals surface area (Å²) in [6.45, 7) is 5.34. The van der Waals surface area contributed by atoms with Crippen molar-refractivity contribution in [3.63, 3.8) is 0 Å². The maximum absolute atomic E-state index is 14.6. The second-order valence-electron chi connectivity index (χ2n) is 6.48. The number of halogens is 1. The topological polar surface area (TPSA) is 52.6 Å². The molecule has 25 heavy (non-hydrogen) atoms. The van der Waals surface area contributed by atoms with Crippen molar-refractivity contribution in [3.8, 4) is 0 Å². The number of carbonyl (C=O) groups is 2. The van der Waals surface area contributed by atoms with Crippen LogP contribution in [0.1, 0.15) is 45.6 Å². The highest BCUT2D eigenvalue weighted by Gasteiger charge is 2.34. The second kappa shape index (κ2) is 11.0. The van der Waals surface area contributed by atoms with Gasteiger partial charge in [0.2, 0.25) is 0 Å². The molecule has 1 aromatic carbocycles. The quantitative estimate of drug-likeness (QED) is 0.325. The molecule has 0 aliphatic rings. The third-order valence-electron chi connectivity index (χ3n) is 4.06. The molecular weight excluding hydrogens is 323 g/mol. The maximum Gasteiger partial charge on any atom is 0.316 e. The number of Topliss-reactive ketones (excluding diaryl/α,β-unsaturated/α-hetero) is 1.